The lowest BCUT2D eigenvalue weighted by Gasteiger charge is -2.17. The maximum atomic E-state index is 5.96. The van der Waals surface area contributed by atoms with E-state index in [4.69, 9.17) is 13.6 Å². The third-order valence-corrected chi connectivity index (χ3v) is 6.12. The van der Waals surface area contributed by atoms with Crippen LogP contribution in [0.4, 0.5) is 0 Å². The van der Waals surface area contributed by atoms with Gasteiger partial charge >= 0.3 is 8.60 Å². The van der Waals surface area contributed by atoms with Crippen molar-refractivity contribution < 1.29 is 13.6 Å². The molecule has 0 aromatic rings. The molecule has 170 valence electrons. The van der Waals surface area contributed by atoms with Crippen molar-refractivity contribution in [3.63, 3.8) is 0 Å². The topological polar surface area (TPSA) is 27.7 Å². The Labute approximate surface area is 178 Å². The minimum atomic E-state index is -1.15. The quantitative estimate of drug-likeness (QED) is 0.130. The summed E-state index contributed by atoms with van der Waals surface area (Å²) in [5.74, 6) is 1.61. The summed E-state index contributed by atoms with van der Waals surface area (Å²) in [4.78, 5) is 0. The zero-order chi connectivity index (χ0) is 20.9. The van der Waals surface area contributed by atoms with Crippen LogP contribution in [0.15, 0.2) is 0 Å². The Morgan fingerprint density at radius 1 is 0.500 bits per heavy atom. The fourth-order valence-electron chi connectivity index (χ4n) is 3.07. The fraction of sp³-hybridized carbons (Fsp3) is 1.00. The Balaban J connectivity index is 3.86. The van der Waals surface area contributed by atoms with Gasteiger partial charge in [0.15, 0.2) is 0 Å². The van der Waals surface area contributed by atoms with Gasteiger partial charge in [0, 0.05) is 0 Å². The molecule has 0 aliphatic heterocycles. The van der Waals surface area contributed by atoms with Crippen molar-refractivity contribution in [3.8, 4) is 0 Å². The smallest absolute Gasteiger partial charge is 0.312 e. The zero-order valence-electron chi connectivity index (χ0n) is 19.8. The Hall–Kier alpha value is 0.310. The van der Waals surface area contributed by atoms with Crippen molar-refractivity contribution in [2.75, 3.05) is 19.8 Å². The Morgan fingerprint density at radius 2 is 0.857 bits per heavy atom. The predicted molar refractivity (Wildman–Crippen MR) is 125 cm³/mol. The monoisotopic (exact) mass is 418 g/mol. The molecule has 0 aliphatic rings. The summed E-state index contributed by atoms with van der Waals surface area (Å²) in [6, 6.07) is 0. The molecular formula is C24H51O3P. The molecule has 0 amide bonds. The summed E-state index contributed by atoms with van der Waals surface area (Å²) in [7, 11) is -1.15. The standard InChI is InChI=1S/C24H51O3P/c1-6-7-8-9-10-15-20-25-28(26-21-16-11-13-18-23(2)3)27-22-17-12-14-19-24(4)5/h23-24H,6-22H2,1-5H3. The highest BCUT2D eigenvalue weighted by molar-refractivity contribution is 7.41. The molecule has 0 saturated heterocycles. The van der Waals surface area contributed by atoms with E-state index < -0.39 is 8.60 Å². The second-order valence-electron chi connectivity index (χ2n) is 8.98. The lowest BCUT2D eigenvalue weighted by molar-refractivity contribution is 0.153. The summed E-state index contributed by atoms with van der Waals surface area (Å²) in [5, 5.41) is 0. The Kier molecular flexibility index (Phi) is 22.2. The molecular weight excluding hydrogens is 367 g/mol. The summed E-state index contributed by atoms with van der Waals surface area (Å²) in [6.07, 6.45) is 17.7. The molecule has 4 heteroatoms. The molecule has 0 heterocycles. The largest absolute Gasteiger partial charge is 0.332 e. The van der Waals surface area contributed by atoms with Crippen molar-refractivity contribution in [2.45, 2.75) is 125 Å². The third-order valence-electron chi connectivity index (χ3n) is 4.94. The van der Waals surface area contributed by atoms with E-state index in [2.05, 4.69) is 34.6 Å². The van der Waals surface area contributed by atoms with Gasteiger partial charge in [-0.1, -0.05) is 105 Å². The van der Waals surface area contributed by atoms with Crippen LogP contribution in [-0.4, -0.2) is 19.8 Å². The molecule has 0 unspecified atom stereocenters. The van der Waals surface area contributed by atoms with Crippen LogP contribution >= 0.6 is 8.60 Å². The number of unbranched alkanes of at least 4 members (excludes halogenated alkanes) is 9. The van der Waals surface area contributed by atoms with E-state index in [1.54, 1.807) is 0 Å². The molecule has 0 aliphatic carbocycles. The van der Waals surface area contributed by atoms with Crippen LogP contribution in [0.5, 0.6) is 0 Å². The van der Waals surface area contributed by atoms with Crippen LogP contribution in [-0.2, 0) is 13.6 Å². The average molecular weight is 419 g/mol. The number of hydrogen-bond acceptors (Lipinski definition) is 3. The van der Waals surface area contributed by atoms with Gasteiger partial charge in [-0.25, -0.2) is 0 Å². The summed E-state index contributed by atoms with van der Waals surface area (Å²) in [6.45, 7) is 13.7. The first-order valence-electron chi connectivity index (χ1n) is 12.2. The molecule has 0 aromatic carbocycles. The van der Waals surface area contributed by atoms with Crippen molar-refractivity contribution in [2.24, 2.45) is 11.8 Å². The van der Waals surface area contributed by atoms with Gasteiger partial charge in [0.05, 0.1) is 19.8 Å². The van der Waals surface area contributed by atoms with E-state index in [1.165, 1.54) is 70.6 Å². The average Bonchev–Trinajstić information content (AvgIpc) is 2.65. The van der Waals surface area contributed by atoms with E-state index in [0.29, 0.717) is 0 Å². The maximum absolute atomic E-state index is 5.96. The first-order valence-corrected chi connectivity index (χ1v) is 13.3. The maximum Gasteiger partial charge on any atom is 0.332 e. The van der Waals surface area contributed by atoms with E-state index in [1.807, 2.05) is 0 Å². The van der Waals surface area contributed by atoms with E-state index in [0.717, 1.165) is 50.9 Å². The van der Waals surface area contributed by atoms with Gasteiger partial charge in [-0.2, -0.15) is 0 Å². The summed E-state index contributed by atoms with van der Waals surface area (Å²) in [5.41, 5.74) is 0. The molecule has 0 aromatic heterocycles. The van der Waals surface area contributed by atoms with Gasteiger partial charge in [-0.3, -0.25) is 0 Å². The molecule has 0 rings (SSSR count). The molecule has 0 N–H and O–H groups in total. The normalized spacial score (nSPS) is 12.0. The van der Waals surface area contributed by atoms with Gasteiger partial charge in [0.25, 0.3) is 0 Å². The third kappa shape index (κ3) is 22.6. The lowest BCUT2D eigenvalue weighted by Crippen LogP contribution is -2.01. The van der Waals surface area contributed by atoms with Crippen LogP contribution in [0.2, 0.25) is 0 Å². The van der Waals surface area contributed by atoms with Crippen molar-refractivity contribution in [1.29, 1.82) is 0 Å². The first kappa shape index (κ1) is 28.3. The van der Waals surface area contributed by atoms with Crippen molar-refractivity contribution in [1.82, 2.24) is 0 Å². The molecule has 0 saturated carbocycles. The van der Waals surface area contributed by atoms with E-state index in [9.17, 15) is 0 Å². The second kappa shape index (κ2) is 22.0. The van der Waals surface area contributed by atoms with Crippen LogP contribution in [0.25, 0.3) is 0 Å². The number of rotatable bonds is 22. The molecule has 0 spiro atoms. The van der Waals surface area contributed by atoms with Crippen LogP contribution < -0.4 is 0 Å². The molecule has 0 radical (unpaired) electrons. The minimum Gasteiger partial charge on any atom is -0.312 e. The highest BCUT2D eigenvalue weighted by Crippen LogP contribution is 2.40. The zero-order valence-corrected chi connectivity index (χ0v) is 20.7. The molecule has 0 bridgehead atoms. The van der Waals surface area contributed by atoms with E-state index in [-0.39, 0.29) is 0 Å². The number of hydrogen-bond donors (Lipinski definition) is 0. The molecule has 3 nitrogen and oxygen atoms in total. The summed E-state index contributed by atoms with van der Waals surface area (Å²) >= 11 is 0. The molecule has 0 atom stereocenters. The van der Waals surface area contributed by atoms with Crippen LogP contribution in [0, 0.1) is 11.8 Å². The van der Waals surface area contributed by atoms with Gasteiger partial charge in [0.1, 0.15) is 0 Å². The Morgan fingerprint density at radius 3 is 1.25 bits per heavy atom. The Bertz CT molecular complexity index is 278. The van der Waals surface area contributed by atoms with E-state index >= 15 is 0 Å². The first-order chi connectivity index (χ1) is 13.6. The molecule has 0 fully saturated rings. The van der Waals surface area contributed by atoms with Gasteiger partial charge in [-0.15, -0.1) is 0 Å². The van der Waals surface area contributed by atoms with Gasteiger partial charge in [0.2, 0.25) is 0 Å². The lowest BCUT2D eigenvalue weighted by atomic mass is 10.1. The van der Waals surface area contributed by atoms with Crippen molar-refractivity contribution in [3.05, 3.63) is 0 Å². The minimum absolute atomic E-state index is 0.771. The second-order valence-corrected chi connectivity index (χ2v) is 10.2. The predicted octanol–water partition coefficient (Wildman–Crippen LogP) is 9.06. The van der Waals surface area contributed by atoms with Gasteiger partial charge in [-0.05, 0) is 31.1 Å². The highest BCUT2D eigenvalue weighted by Gasteiger charge is 2.12. The SMILES string of the molecule is CCCCCCCCOP(OCCCCCC(C)C)OCCCCCC(C)C. The van der Waals surface area contributed by atoms with Gasteiger partial charge < -0.3 is 13.6 Å². The van der Waals surface area contributed by atoms with Crippen molar-refractivity contribution >= 4 is 8.60 Å². The van der Waals surface area contributed by atoms with Crippen LogP contribution in [0.1, 0.15) is 125 Å². The highest BCUT2D eigenvalue weighted by atomic mass is 31.2. The summed E-state index contributed by atoms with van der Waals surface area (Å²) < 4.78 is 17.9. The fourth-order valence-corrected chi connectivity index (χ4v) is 4.13. The molecule has 28 heavy (non-hydrogen) atoms. The van der Waals surface area contributed by atoms with Crippen LogP contribution in [0.3, 0.4) is 0 Å².